The van der Waals surface area contributed by atoms with Crippen LogP contribution in [-0.4, -0.2) is 40.6 Å². The highest BCUT2D eigenvalue weighted by molar-refractivity contribution is 7.99. The quantitative estimate of drug-likeness (QED) is 0.738. The summed E-state index contributed by atoms with van der Waals surface area (Å²) in [5.74, 6) is 0.271. The third-order valence-electron chi connectivity index (χ3n) is 5.84. The van der Waals surface area contributed by atoms with Gasteiger partial charge in [0.1, 0.15) is 11.4 Å². The molecule has 2 aliphatic heterocycles. The number of urea groups is 1. The van der Waals surface area contributed by atoms with Gasteiger partial charge in [0.15, 0.2) is 0 Å². The molecule has 8 heteroatoms. The molecule has 1 spiro atoms. The monoisotopic (exact) mass is 405 g/mol. The van der Waals surface area contributed by atoms with Gasteiger partial charge in [0, 0.05) is 23.6 Å². The van der Waals surface area contributed by atoms with Crippen molar-refractivity contribution in [1.29, 1.82) is 0 Å². The van der Waals surface area contributed by atoms with Gasteiger partial charge in [-0.1, -0.05) is 12.8 Å². The molecule has 4 amide bonds. The fraction of sp³-hybridized carbons (Fsp3) is 0.550. The van der Waals surface area contributed by atoms with Gasteiger partial charge in [-0.3, -0.25) is 14.5 Å². The minimum Gasteiger partial charge on any atom is -0.349 e. The first-order valence-corrected chi connectivity index (χ1v) is 10.8. The molecule has 3 aliphatic rings. The van der Waals surface area contributed by atoms with E-state index >= 15 is 0 Å². The average Bonchev–Trinajstić information content (AvgIpc) is 3.22. The molecule has 6 nitrogen and oxygen atoms in total. The van der Waals surface area contributed by atoms with E-state index in [1.165, 1.54) is 17.0 Å². The molecule has 2 heterocycles. The van der Waals surface area contributed by atoms with Crippen molar-refractivity contribution in [1.82, 2.24) is 15.5 Å². The minimum absolute atomic E-state index is 0.144. The predicted octanol–water partition coefficient (Wildman–Crippen LogP) is 3.12. The lowest BCUT2D eigenvalue weighted by atomic mass is 9.98. The lowest BCUT2D eigenvalue weighted by Crippen LogP contribution is -2.44. The summed E-state index contributed by atoms with van der Waals surface area (Å²) in [5.41, 5.74) is 0.120. The number of fused-ring (bicyclic) bond motifs is 1. The van der Waals surface area contributed by atoms with Crippen LogP contribution in [0.5, 0.6) is 0 Å². The topological polar surface area (TPSA) is 78.5 Å². The van der Waals surface area contributed by atoms with E-state index in [4.69, 9.17) is 0 Å². The minimum atomic E-state index is -0.701. The Morgan fingerprint density at radius 2 is 2.11 bits per heavy atom. The number of nitrogens with zero attached hydrogens (tertiary/aromatic N) is 1. The summed E-state index contributed by atoms with van der Waals surface area (Å²) < 4.78 is 13.6. The second-order valence-corrected chi connectivity index (χ2v) is 8.86. The van der Waals surface area contributed by atoms with E-state index in [0.29, 0.717) is 19.3 Å². The second kappa shape index (κ2) is 7.73. The van der Waals surface area contributed by atoms with Crippen LogP contribution in [0.25, 0.3) is 0 Å². The second-order valence-electron chi connectivity index (χ2n) is 7.72. The molecule has 150 valence electrons. The van der Waals surface area contributed by atoms with Crippen LogP contribution < -0.4 is 10.6 Å². The fourth-order valence-corrected chi connectivity index (χ4v) is 5.48. The maximum absolute atomic E-state index is 13.6. The van der Waals surface area contributed by atoms with Gasteiger partial charge in [0.25, 0.3) is 5.91 Å². The van der Waals surface area contributed by atoms with Gasteiger partial charge in [-0.25, -0.2) is 9.18 Å². The number of nitrogens with one attached hydrogen (secondary N) is 2. The Morgan fingerprint density at radius 1 is 1.32 bits per heavy atom. The van der Waals surface area contributed by atoms with E-state index in [1.807, 2.05) is 0 Å². The van der Waals surface area contributed by atoms with E-state index in [2.05, 4.69) is 10.6 Å². The Morgan fingerprint density at radius 3 is 2.89 bits per heavy atom. The molecule has 0 aromatic heterocycles. The highest BCUT2D eigenvalue weighted by Crippen LogP contribution is 2.37. The molecule has 2 fully saturated rings. The highest BCUT2D eigenvalue weighted by atomic mass is 32.2. The first kappa shape index (κ1) is 19.2. The van der Waals surface area contributed by atoms with E-state index in [0.717, 1.165) is 35.5 Å². The number of carbonyl (C=O) groups is 3. The summed E-state index contributed by atoms with van der Waals surface area (Å²) in [6.07, 6.45) is 4.68. The first-order chi connectivity index (χ1) is 13.5. The largest absolute Gasteiger partial charge is 0.349 e. The normalized spacial score (nSPS) is 23.0. The molecule has 1 aliphatic carbocycles. The Bertz CT molecular complexity index is 810. The van der Waals surface area contributed by atoms with E-state index in [1.54, 1.807) is 17.8 Å². The Balaban J connectivity index is 1.30. The van der Waals surface area contributed by atoms with Gasteiger partial charge < -0.3 is 10.6 Å². The Labute approximate surface area is 167 Å². The highest BCUT2D eigenvalue weighted by Gasteiger charge is 2.52. The molecular formula is C20H24FN3O3S. The zero-order valence-electron chi connectivity index (χ0n) is 15.6. The molecule has 0 bridgehead atoms. The molecule has 1 saturated carbocycles. The molecule has 1 atom stereocenters. The summed E-state index contributed by atoms with van der Waals surface area (Å²) >= 11 is 1.67. The summed E-state index contributed by atoms with van der Waals surface area (Å²) in [6, 6.07) is 4.13. The number of hydrogen-bond acceptors (Lipinski definition) is 4. The standard InChI is InChI=1S/C20H24FN3O3S/c21-13-5-6-16-14(12-13)15(7-11-28-16)22-17(25)4-3-10-24-18(26)20(23-19(24)27)8-1-2-9-20/h5-6,12,15H,1-4,7-11H2,(H,22,25)(H,23,27). The lowest BCUT2D eigenvalue weighted by molar-refractivity contribution is -0.131. The Hall–Kier alpha value is -2.09. The van der Waals surface area contributed by atoms with Gasteiger partial charge in [-0.05, 0) is 49.4 Å². The van der Waals surface area contributed by atoms with Crippen LogP contribution in [-0.2, 0) is 9.59 Å². The maximum Gasteiger partial charge on any atom is 0.325 e. The van der Waals surface area contributed by atoms with Crippen molar-refractivity contribution in [2.24, 2.45) is 0 Å². The summed E-state index contributed by atoms with van der Waals surface area (Å²) in [6.45, 7) is 0.242. The predicted molar refractivity (Wildman–Crippen MR) is 103 cm³/mol. The molecular weight excluding hydrogens is 381 g/mol. The lowest BCUT2D eigenvalue weighted by Gasteiger charge is -2.26. The number of imide groups is 1. The molecule has 4 rings (SSSR count). The van der Waals surface area contributed by atoms with Crippen molar-refractivity contribution in [3.63, 3.8) is 0 Å². The summed E-state index contributed by atoms with van der Waals surface area (Å²) in [5, 5.41) is 5.82. The van der Waals surface area contributed by atoms with Crippen LogP contribution in [0.1, 0.15) is 56.6 Å². The number of rotatable bonds is 5. The van der Waals surface area contributed by atoms with Crippen LogP contribution in [0.15, 0.2) is 23.1 Å². The van der Waals surface area contributed by atoms with Crippen LogP contribution in [0.2, 0.25) is 0 Å². The van der Waals surface area contributed by atoms with Crippen molar-refractivity contribution in [2.75, 3.05) is 12.3 Å². The number of halogens is 1. The average molecular weight is 405 g/mol. The molecule has 28 heavy (non-hydrogen) atoms. The van der Waals surface area contributed by atoms with Crippen molar-refractivity contribution in [3.05, 3.63) is 29.6 Å². The van der Waals surface area contributed by atoms with Crippen molar-refractivity contribution >= 4 is 29.6 Å². The first-order valence-electron chi connectivity index (χ1n) is 9.84. The number of amides is 4. The zero-order chi connectivity index (χ0) is 19.7. The third kappa shape index (κ3) is 3.62. The van der Waals surface area contributed by atoms with Crippen molar-refractivity contribution in [2.45, 2.75) is 61.4 Å². The van der Waals surface area contributed by atoms with E-state index in [9.17, 15) is 18.8 Å². The fourth-order valence-electron chi connectivity index (χ4n) is 4.38. The van der Waals surface area contributed by atoms with Gasteiger partial charge in [0.05, 0.1) is 6.04 Å². The van der Waals surface area contributed by atoms with Crippen LogP contribution in [0, 0.1) is 5.82 Å². The smallest absolute Gasteiger partial charge is 0.325 e. The van der Waals surface area contributed by atoms with Gasteiger partial charge in [-0.15, -0.1) is 11.8 Å². The molecule has 1 aromatic carbocycles. The molecule has 1 aromatic rings. The van der Waals surface area contributed by atoms with Crippen molar-refractivity contribution in [3.8, 4) is 0 Å². The molecule has 0 radical (unpaired) electrons. The van der Waals surface area contributed by atoms with Gasteiger partial charge in [-0.2, -0.15) is 0 Å². The number of benzene rings is 1. The third-order valence-corrected chi connectivity index (χ3v) is 6.96. The van der Waals surface area contributed by atoms with E-state index < -0.39 is 5.54 Å². The van der Waals surface area contributed by atoms with E-state index in [-0.39, 0.29) is 42.7 Å². The van der Waals surface area contributed by atoms with Crippen LogP contribution >= 0.6 is 11.8 Å². The SMILES string of the molecule is O=C(CCCN1C(=O)NC2(CCCC2)C1=O)NC1CCSc2ccc(F)cc21. The van der Waals surface area contributed by atoms with Crippen LogP contribution in [0.4, 0.5) is 9.18 Å². The number of carbonyl (C=O) groups excluding carboxylic acids is 3. The summed E-state index contributed by atoms with van der Waals surface area (Å²) in [4.78, 5) is 39.4. The summed E-state index contributed by atoms with van der Waals surface area (Å²) in [7, 11) is 0. The Kier molecular flexibility index (Phi) is 5.31. The molecule has 2 N–H and O–H groups in total. The van der Waals surface area contributed by atoms with Crippen molar-refractivity contribution < 1.29 is 18.8 Å². The zero-order valence-corrected chi connectivity index (χ0v) is 16.4. The maximum atomic E-state index is 13.6. The number of thioether (sulfide) groups is 1. The van der Waals surface area contributed by atoms with Gasteiger partial charge >= 0.3 is 6.03 Å². The molecule has 1 unspecified atom stereocenters. The van der Waals surface area contributed by atoms with Crippen LogP contribution in [0.3, 0.4) is 0 Å². The molecule has 1 saturated heterocycles. The number of hydrogen-bond donors (Lipinski definition) is 2. The van der Waals surface area contributed by atoms with Gasteiger partial charge in [0.2, 0.25) is 5.91 Å².